The van der Waals surface area contributed by atoms with Gasteiger partial charge in [-0.3, -0.25) is 67.2 Å². The lowest BCUT2D eigenvalue weighted by atomic mass is 10.0. The first-order valence-electron chi connectivity index (χ1n) is 26.3. The van der Waals surface area contributed by atoms with E-state index in [4.69, 9.17) is 17.2 Å². The number of benzene rings is 1. The van der Waals surface area contributed by atoms with Crippen LogP contribution in [0.5, 0.6) is 0 Å². The molecule has 1 heterocycles. The number of nitrogens with one attached hydrogen (secondary N) is 8. The number of amides is 10. The van der Waals surface area contributed by atoms with Crippen LogP contribution in [0.3, 0.4) is 0 Å². The first kappa shape index (κ1) is 68.7. The normalized spacial score (nSPS) is 14.3. The third kappa shape index (κ3) is 23.9. The molecular formula is C51H76N12O18. The molecule has 0 radical (unpaired) electrons. The number of carboxylic acids is 3. The molecule has 0 aliphatic rings. The van der Waals surface area contributed by atoms with Crippen molar-refractivity contribution >= 4 is 94.2 Å². The predicted molar refractivity (Wildman–Crippen MR) is 285 cm³/mol. The molecule has 18 N–H and O–H groups in total. The molecule has 0 aliphatic heterocycles. The highest BCUT2D eigenvalue weighted by molar-refractivity contribution is 6.06. The first-order valence-corrected chi connectivity index (χ1v) is 26.3. The Morgan fingerprint density at radius 3 is 1.64 bits per heavy atom. The number of nitrogens with zero attached hydrogens (tertiary/aromatic N) is 1. The summed E-state index contributed by atoms with van der Waals surface area (Å²) < 4.78 is 0. The van der Waals surface area contributed by atoms with Crippen LogP contribution in [0.4, 0.5) is 0 Å². The van der Waals surface area contributed by atoms with Crippen LogP contribution in [-0.4, -0.2) is 181 Å². The van der Waals surface area contributed by atoms with Gasteiger partial charge in [-0.2, -0.15) is 0 Å². The van der Waals surface area contributed by atoms with E-state index < -0.39 is 164 Å². The van der Waals surface area contributed by atoms with Crippen molar-refractivity contribution < 1.29 is 87.5 Å². The van der Waals surface area contributed by atoms with Gasteiger partial charge >= 0.3 is 17.9 Å². The summed E-state index contributed by atoms with van der Waals surface area (Å²) in [4.78, 5) is 186. The maximum absolute atomic E-state index is 14.3. The Bertz CT molecular complexity index is 2560. The molecule has 1 aromatic heterocycles. The van der Waals surface area contributed by atoms with Crippen molar-refractivity contribution in [3.63, 3.8) is 0 Å². The highest BCUT2D eigenvalue weighted by Gasteiger charge is 2.42. The van der Waals surface area contributed by atoms with E-state index in [1.165, 1.54) is 0 Å². The standard InChI is InChI=1S/C51H76N12O18/c1-4-5-6-7-8-9-10-17-39(67)58-34(19-29-25-55-32-15-12-11-14-31(29)32)47(77)59-35(21-38(54)66)48(78)61-37(23-43(73)74)49(79)62-44(28(3)65)51(81)63(30(26-64)20-41(69)70)50(80)27(2)56-46(76)36(22-42(71)72)60-45(75)33(16-13-18-52)57-40(68)24-53/h11-12,14-15,25-28,30,33-37,44,55,65H,4-10,13,16-24,52-53H2,1-3H3,(H2,54,66)(H,56,76)(H,57,68)(H,58,67)(H,59,77)(H,60,75)(H,61,78)(H,62,79)(H,69,70)(H,71,72)(H,73,74)/t27-,28-,30+,33+,34-,35-,36-,37+,44+/m1/s1. The van der Waals surface area contributed by atoms with Gasteiger partial charge in [-0.15, -0.1) is 0 Å². The zero-order valence-corrected chi connectivity index (χ0v) is 45.4. The summed E-state index contributed by atoms with van der Waals surface area (Å²) in [7, 11) is 0. The summed E-state index contributed by atoms with van der Waals surface area (Å²) >= 11 is 0. The summed E-state index contributed by atoms with van der Waals surface area (Å²) in [5, 5.41) is 56.1. The maximum atomic E-state index is 14.3. The average molecular weight is 1150 g/mol. The molecule has 0 bridgehead atoms. The van der Waals surface area contributed by atoms with Gasteiger partial charge in [0.25, 0.3) is 11.8 Å². The minimum Gasteiger partial charge on any atom is -0.481 e. The lowest BCUT2D eigenvalue weighted by Crippen LogP contribution is -2.64. The summed E-state index contributed by atoms with van der Waals surface area (Å²) in [6, 6.07) is -8.58. The molecule has 81 heavy (non-hydrogen) atoms. The molecule has 9 atom stereocenters. The van der Waals surface area contributed by atoms with Crippen LogP contribution in [0.15, 0.2) is 30.5 Å². The molecule has 1 aromatic carbocycles. The Balaban J connectivity index is 2.49. The summed E-state index contributed by atoms with van der Waals surface area (Å²) in [6.45, 7) is 3.34. The number of primary amides is 1. The van der Waals surface area contributed by atoms with Crippen LogP contribution in [-0.2, 0) is 73.5 Å². The molecule has 2 rings (SSSR count). The number of imide groups is 1. The van der Waals surface area contributed by atoms with E-state index in [0.29, 0.717) is 22.9 Å². The van der Waals surface area contributed by atoms with Crippen LogP contribution in [0.25, 0.3) is 10.9 Å². The van der Waals surface area contributed by atoms with Crippen molar-refractivity contribution in [2.75, 3.05) is 13.1 Å². The zero-order valence-electron chi connectivity index (χ0n) is 45.4. The number of H-pyrrole nitrogens is 1. The fourth-order valence-corrected chi connectivity index (χ4v) is 8.27. The molecule has 0 spiro atoms. The number of aliphatic hydroxyl groups is 1. The van der Waals surface area contributed by atoms with Gasteiger partial charge in [0.1, 0.15) is 54.6 Å². The van der Waals surface area contributed by atoms with Crippen molar-refractivity contribution in [2.24, 2.45) is 17.2 Å². The number of hydrogen-bond acceptors (Lipinski definition) is 17. The van der Waals surface area contributed by atoms with Gasteiger partial charge in [-0.05, 0) is 51.3 Å². The topological polar surface area (TPSA) is 501 Å². The molecule has 0 aliphatic carbocycles. The van der Waals surface area contributed by atoms with Crippen molar-refractivity contribution in [3.8, 4) is 0 Å². The number of hydrogen-bond donors (Lipinski definition) is 15. The Labute approximate surface area is 465 Å². The van der Waals surface area contributed by atoms with E-state index in [-0.39, 0.29) is 43.4 Å². The number of carbonyl (C=O) groups excluding carboxylic acids is 11. The van der Waals surface area contributed by atoms with Gasteiger partial charge < -0.3 is 84.6 Å². The quantitative estimate of drug-likeness (QED) is 0.0229. The number of aromatic amines is 1. The van der Waals surface area contributed by atoms with E-state index in [1.54, 1.807) is 30.5 Å². The number of rotatable bonds is 39. The number of unbranched alkanes of at least 4 members (excludes halogenated alkanes) is 6. The Kier molecular flexibility index (Phi) is 29.9. The lowest BCUT2D eigenvalue weighted by molar-refractivity contribution is -0.156. The Morgan fingerprint density at radius 2 is 1.11 bits per heavy atom. The second-order valence-electron chi connectivity index (χ2n) is 19.2. The number of aldehydes is 1. The van der Waals surface area contributed by atoms with Gasteiger partial charge in [-0.25, -0.2) is 0 Å². The van der Waals surface area contributed by atoms with Crippen molar-refractivity contribution in [1.29, 1.82) is 0 Å². The monoisotopic (exact) mass is 1140 g/mol. The second-order valence-corrected chi connectivity index (χ2v) is 19.2. The number of carbonyl (C=O) groups is 14. The molecule has 0 saturated heterocycles. The number of carboxylic acid groups (broad SMARTS) is 3. The highest BCUT2D eigenvalue weighted by Crippen LogP contribution is 2.20. The smallest absolute Gasteiger partial charge is 0.305 e. The van der Waals surface area contributed by atoms with Gasteiger partial charge in [0.05, 0.1) is 38.3 Å². The van der Waals surface area contributed by atoms with E-state index in [1.807, 2.05) is 5.32 Å². The third-order valence-electron chi connectivity index (χ3n) is 12.5. The molecule has 0 unspecified atom stereocenters. The van der Waals surface area contributed by atoms with Crippen molar-refractivity contribution in [3.05, 3.63) is 36.0 Å². The molecule has 30 nitrogen and oxygen atoms in total. The first-order chi connectivity index (χ1) is 38.3. The predicted octanol–water partition coefficient (Wildman–Crippen LogP) is -3.43. The van der Waals surface area contributed by atoms with Crippen LogP contribution >= 0.6 is 0 Å². The van der Waals surface area contributed by atoms with Crippen LogP contribution in [0.1, 0.15) is 116 Å². The molecule has 0 saturated carbocycles. The number of aliphatic hydroxyl groups excluding tert-OH is 1. The van der Waals surface area contributed by atoms with Crippen molar-refractivity contribution in [2.45, 2.75) is 172 Å². The Hall–Kier alpha value is -8.38. The fraction of sp³-hybridized carbons (Fsp3) is 0.569. The van der Waals surface area contributed by atoms with Gasteiger partial charge in [0.15, 0.2) is 0 Å². The van der Waals surface area contributed by atoms with Crippen LogP contribution in [0.2, 0.25) is 0 Å². The van der Waals surface area contributed by atoms with Gasteiger partial charge in [0.2, 0.25) is 47.3 Å². The molecule has 2 aromatic rings. The number of nitrogens with two attached hydrogens (primary N) is 3. The van der Waals surface area contributed by atoms with Crippen LogP contribution < -0.4 is 54.4 Å². The highest BCUT2D eigenvalue weighted by atomic mass is 16.4. The van der Waals surface area contributed by atoms with Crippen LogP contribution in [0, 0.1) is 0 Å². The number of aliphatic carboxylic acids is 3. The Morgan fingerprint density at radius 1 is 0.605 bits per heavy atom. The molecule has 30 heteroatoms. The van der Waals surface area contributed by atoms with E-state index in [2.05, 4.69) is 43.8 Å². The molecule has 10 amide bonds. The van der Waals surface area contributed by atoms with E-state index >= 15 is 0 Å². The van der Waals surface area contributed by atoms with Gasteiger partial charge in [0, 0.05) is 29.9 Å². The number of fused-ring (bicyclic) bond motifs is 1. The largest absolute Gasteiger partial charge is 0.481 e. The van der Waals surface area contributed by atoms with E-state index in [0.717, 1.165) is 52.4 Å². The number of aromatic nitrogens is 1. The number of para-hydroxylation sites is 1. The summed E-state index contributed by atoms with van der Waals surface area (Å²) in [5.41, 5.74) is 17.6. The zero-order chi connectivity index (χ0) is 60.9. The minimum absolute atomic E-state index is 0.0442. The average Bonchev–Trinajstić information content (AvgIpc) is 3.81. The summed E-state index contributed by atoms with van der Waals surface area (Å²) in [6.07, 6.45) is 0.949. The summed E-state index contributed by atoms with van der Waals surface area (Å²) in [5.74, 6) is -17.5. The molecular weight excluding hydrogens is 1070 g/mol. The minimum atomic E-state index is -2.40. The SMILES string of the molecule is CCCCCCCCCC(=O)N[C@H](Cc1c[nH]c2ccccc12)C(=O)N[C@H](CC(N)=O)C(=O)N[C@@H](CC(=O)O)C(=O)N[C@H](C(=O)N(C(=O)[C@@H](C)NC(=O)[C@@H](CC(=O)O)NC(=O)[C@H](CCCN)NC(=O)CN)[C@H](C=O)CC(=O)O)[C@@H](C)O. The van der Waals surface area contributed by atoms with Gasteiger partial charge in [-0.1, -0.05) is 63.6 Å². The second kappa shape index (κ2) is 35.3. The molecule has 448 valence electrons. The lowest BCUT2D eigenvalue weighted by Gasteiger charge is -2.33. The maximum Gasteiger partial charge on any atom is 0.305 e. The van der Waals surface area contributed by atoms with E-state index in [9.17, 15) is 87.5 Å². The third-order valence-corrected chi connectivity index (χ3v) is 12.5. The molecule has 0 fully saturated rings. The fourth-order valence-electron chi connectivity index (χ4n) is 8.27. The van der Waals surface area contributed by atoms with Crippen molar-refractivity contribution in [1.82, 2.24) is 47.1 Å².